The molecule has 2 aromatic rings. The number of hydrogen-bond acceptors (Lipinski definition) is 1. The molecule has 3 nitrogen and oxygen atoms in total. The number of halogens is 1. The minimum Gasteiger partial charge on any atom is -0.334 e. The van der Waals surface area contributed by atoms with Crippen molar-refractivity contribution in [1.29, 1.82) is 0 Å². The molecule has 0 heterocycles. The van der Waals surface area contributed by atoms with Gasteiger partial charge in [-0.2, -0.15) is 0 Å². The maximum Gasteiger partial charge on any atom is 0.315 e. The summed E-state index contributed by atoms with van der Waals surface area (Å²) in [5, 5.41) is 5.97. The molecule has 0 bridgehead atoms. The number of rotatable bonds is 3. The van der Waals surface area contributed by atoms with Crippen LogP contribution < -0.4 is 10.6 Å². The molecule has 0 aromatic heterocycles. The summed E-state index contributed by atoms with van der Waals surface area (Å²) in [6.07, 6.45) is 1.98. The maximum absolute atomic E-state index is 12.0. The fraction of sp³-hybridized carbons (Fsp3) is 0.235. The van der Waals surface area contributed by atoms with Gasteiger partial charge in [0, 0.05) is 11.0 Å². The fourth-order valence-electron chi connectivity index (χ4n) is 2.72. The molecular formula is C17H17BrN2O. The van der Waals surface area contributed by atoms with Gasteiger partial charge in [0.15, 0.2) is 0 Å². The zero-order valence-electron chi connectivity index (χ0n) is 11.6. The smallest absolute Gasteiger partial charge is 0.315 e. The lowest BCUT2D eigenvalue weighted by molar-refractivity contribution is 0.236. The van der Waals surface area contributed by atoms with Crippen molar-refractivity contribution in [2.24, 2.45) is 0 Å². The number of aryl methyl sites for hydroxylation is 1. The lowest BCUT2D eigenvalue weighted by atomic mass is 10.1. The summed E-state index contributed by atoms with van der Waals surface area (Å²) in [7, 11) is 0. The highest BCUT2D eigenvalue weighted by atomic mass is 79.9. The van der Waals surface area contributed by atoms with E-state index in [1.54, 1.807) is 0 Å². The summed E-state index contributed by atoms with van der Waals surface area (Å²) in [4.78, 5) is 12.0. The largest absolute Gasteiger partial charge is 0.334 e. The predicted octanol–water partition coefficient (Wildman–Crippen LogP) is 3.94. The Morgan fingerprint density at radius 3 is 2.81 bits per heavy atom. The number of carbonyl (C=O) groups is 1. The molecule has 0 spiro atoms. The van der Waals surface area contributed by atoms with E-state index < -0.39 is 0 Å². The number of nitrogens with one attached hydrogen (secondary N) is 2. The number of urea groups is 1. The second-order valence-corrected chi connectivity index (χ2v) is 6.16. The van der Waals surface area contributed by atoms with Crippen molar-refractivity contribution in [3.63, 3.8) is 0 Å². The van der Waals surface area contributed by atoms with Crippen molar-refractivity contribution in [3.05, 3.63) is 69.7 Å². The molecular weight excluding hydrogens is 328 g/mol. The third-order valence-electron chi connectivity index (χ3n) is 3.78. The first-order valence-electron chi connectivity index (χ1n) is 7.09. The number of hydrogen-bond donors (Lipinski definition) is 2. The van der Waals surface area contributed by atoms with Crippen LogP contribution in [0.5, 0.6) is 0 Å². The number of benzene rings is 2. The summed E-state index contributed by atoms with van der Waals surface area (Å²) >= 11 is 3.49. The van der Waals surface area contributed by atoms with Crippen LogP contribution in [0.15, 0.2) is 53.0 Å². The molecule has 2 amide bonds. The molecule has 3 rings (SSSR count). The van der Waals surface area contributed by atoms with Crippen molar-refractivity contribution in [3.8, 4) is 0 Å². The molecule has 1 atom stereocenters. The minimum atomic E-state index is -0.111. The molecule has 0 saturated carbocycles. The van der Waals surface area contributed by atoms with E-state index in [0.29, 0.717) is 6.54 Å². The Bertz CT molecular complexity index is 642. The van der Waals surface area contributed by atoms with Crippen LogP contribution in [0.25, 0.3) is 0 Å². The average Bonchev–Trinajstić information content (AvgIpc) is 2.88. The average molecular weight is 345 g/mol. The Kier molecular flexibility index (Phi) is 4.25. The zero-order valence-corrected chi connectivity index (χ0v) is 13.2. The van der Waals surface area contributed by atoms with E-state index in [1.165, 1.54) is 11.1 Å². The fourth-order valence-corrected chi connectivity index (χ4v) is 3.13. The van der Waals surface area contributed by atoms with Gasteiger partial charge >= 0.3 is 6.03 Å². The summed E-state index contributed by atoms with van der Waals surface area (Å²) in [6.45, 7) is 0.548. The first kappa shape index (κ1) is 14.1. The number of fused-ring (bicyclic) bond motifs is 1. The molecule has 0 fully saturated rings. The molecule has 0 aliphatic heterocycles. The van der Waals surface area contributed by atoms with E-state index in [2.05, 4.69) is 38.7 Å². The van der Waals surface area contributed by atoms with Crippen molar-refractivity contribution in [2.45, 2.75) is 25.4 Å². The third kappa shape index (κ3) is 3.45. The van der Waals surface area contributed by atoms with Gasteiger partial charge in [-0.25, -0.2) is 4.79 Å². The van der Waals surface area contributed by atoms with Crippen molar-refractivity contribution in [1.82, 2.24) is 10.6 Å². The Balaban J connectivity index is 1.57. The minimum absolute atomic E-state index is 0.111. The third-order valence-corrected chi connectivity index (χ3v) is 4.28. The van der Waals surface area contributed by atoms with Gasteiger partial charge in [0.05, 0.1) is 6.04 Å². The highest BCUT2D eigenvalue weighted by Gasteiger charge is 2.23. The lowest BCUT2D eigenvalue weighted by Gasteiger charge is -2.15. The standard InChI is InChI=1S/C17H17BrN2O/c18-14-7-8-15-13(10-14)6-9-16(15)20-17(21)19-11-12-4-2-1-3-5-12/h1-5,7-8,10,16H,6,9,11H2,(H2,19,20,21). The number of amides is 2. The molecule has 0 radical (unpaired) electrons. The second-order valence-electron chi connectivity index (χ2n) is 5.25. The summed E-state index contributed by atoms with van der Waals surface area (Å²) < 4.78 is 1.09. The monoisotopic (exact) mass is 344 g/mol. The van der Waals surface area contributed by atoms with E-state index in [1.807, 2.05) is 36.4 Å². The van der Waals surface area contributed by atoms with Gasteiger partial charge in [0.1, 0.15) is 0 Å². The lowest BCUT2D eigenvalue weighted by Crippen LogP contribution is -2.36. The Morgan fingerprint density at radius 1 is 1.19 bits per heavy atom. The summed E-state index contributed by atoms with van der Waals surface area (Å²) in [5.74, 6) is 0. The molecule has 1 aliphatic carbocycles. The first-order valence-corrected chi connectivity index (χ1v) is 7.88. The number of carbonyl (C=O) groups excluding carboxylic acids is 1. The predicted molar refractivity (Wildman–Crippen MR) is 87.0 cm³/mol. The molecule has 2 N–H and O–H groups in total. The van der Waals surface area contributed by atoms with Crippen LogP contribution in [0.3, 0.4) is 0 Å². The van der Waals surface area contributed by atoms with Crippen LogP contribution in [-0.4, -0.2) is 6.03 Å². The Morgan fingerprint density at radius 2 is 2.00 bits per heavy atom. The van der Waals surface area contributed by atoms with Crippen LogP contribution in [-0.2, 0) is 13.0 Å². The highest BCUT2D eigenvalue weighted by molar-refractivity contribution is 9.10. The molecule has 0 saturated heterocycles. The van der Waals surface area contributed by atoms with E-state index in [0.717, 1.165) is 22.9 Å². The van der Waals surface area contributed by atoms with Crippen LogP contribution in [0.1, 0.15) is 29.2 Å². The van der Waals surface area contributed by atoms with Crippen LogP contribution in [0.4, 0.5) is 4.79 Å². The molecule has 21 heavy (non-hydrogen) atoms. The van der Waals surface area contributed by atoms with E-state index >= 15 is 0 Å². The molecule has 1 unspecified atom stereocenters. The van der Waals surface area contributed by atoms with Gasteiger partial charge in [-0.05, 0) is 41.7 Å². The summed E-state index contributed by atoms with van der Waals surface area (Å²) in [6, 6.07) is 16.2. The SMILES string of the molecule is O=C(NCc1ccccc1)NC1CCc2cc(Br)ccc21. The normalized spacial score (nSPS) is 16.3. The summed E-state index contributed by atoms with van der Waals surface area (Å²) in [5.41, 5.74) is 3.65. The van der Waals surface area contributed by atoms with Crippen LogP contribution in [0, 0.1) is 0 Å². The van der Waals surface area contributed by atoms with E-state index in [4.69, 9.17) is 0 Å². The van der Waals surface area contributed by atoms with Crippen LogP contribution in [0.2, 0.25) is 0 Å². The van der Waals surface area contributed by atoms with Gasteiger partial charge in [-0.15, -0.1) is 0 Å². The van der Waals surface area contributed by atoms with Gasteiger partial charge in [-0.3, -0.25) is 0 Å². The maximum atomic E-state index is 12.0. The molecule has 108 valence electrons. The Hall–Kier alpha value is -1.81. The second kappa shape index (κ2) is 6.31. The quantitative estimate of drug-likeness (QED) is 0.869. The molecule has 2 aromatic carbocycles. The highest BCUT2D eigenvalue weighted by Crippen LogP contribution is 2.32. The van der Waals surface area contributed by atoms with Gasteiger partial charge in [-0.1, -0.05) is 52.3 Å². The van der Waals surface area contributed by atoms with Gasteiger partial charge in [0.2, 0.25) is 0 Å². The van der Waals surface area contributed by atoms with Crippen molar-refractivity contribution in [2.75, 3.05) is 0 Å². The van der Waals surface area contributed by atoms with Gasteiger partial charge in [0.25, 0.3) is 0 Å². The van der Waals surface area contributed by atoms with Crippen molar-refractivity contribution >= 4 is 22.0 Å². The van der Waals surface area contributed by atoms with Gasteiger partial charge < -0.3 is 10.6 Å². The topological polar surface area (TPSA) is 41.1 Å². The Labute approximate surface area is 132 Å². The van der Waals surface area contributed by atoms with Crippen LogP contribution >= 0.6 is 15.9 Å². The van der Waals surface area contributed by atoms with Crippen molar-refractivity contribution < 1.29 is 4.79 Å². The zero-order chi connectivity index (χ0) is 14.7. The van der Waals surface area contributed by atoms with E-state index in [9.17, 15) is 4.79 Å². The first-order chi connectivity index (χ1) is 10.2. The molecule has 4 heteroatoms. The molecule has 1 aliphatic rings. The van der Waals surface area contributed by atoms with E-state index in [-0.39, 0.29) is 12.1 Å².